The summed E-state index contributed by atoms with van der Waals surface area (Å²) in [5.74, 6) is 0.608. The maximum absolute atomic E-state index is 5.28. The maximum atomic E-state index is 5.28. The lowest BCUT2D eigenvalue weighted by atomic mass is 9.99. The highest BCUT2D eigenvalue weighted by Gasteiger charge is 2.22. The normalized spacial score (nSPS) is 12.4. The molecule has 6 aromatic heterocycles. The molecular weight excluding hydrogens is 739 g/mol. The Morgan fingerprint density at radius 1 is 0.407 bits per heavy atom. The molecule has 0 saturated carbocycles. The molecule has 0 fully saturated rings. The van der Waals surface area contributed by atoms with Crippen LogP contribution >= 0.6 is 11.3 Å². The summed E-state index contributed by atoms with van der Waals surface area (Å²) in [7, 11) is 0. The molecule has 14 aromatic rings. The van der Waals surface area contributed by atoms with Gasteiger partial charge in [0.15, 0.2) is 5.65 Å². The van der Waals surface area contributed by atoms with E-state index in [-0.39, 0.29) is 0 Å². The van der Waals surface area contributed by atoms with Crippen LogP contribution in [0.4, 0.5) is 0 Å². The Labute approximate surface area is 340 Å². The number of hydrogen-bond acceptors (Lipinski definition) is 4. The van der Waals surface area contributed by atoms with E-state index in [0.29, 0.717) is 11.6 Å². The number of nitrogens with zero attached hydrogens (tertiary/aromatic N) is 5. The fourth-order valence-electron chi connectivity index (χ4n) is 9.93. The SMILES string of the molecule is c1ccc(-c2nc(-n3c4ccccc4c4c5cc6c7cccc8c9cc(-c%10ccc%11sc%12ccccc%12c%11c%10)ccc9n(c6cc5ccc43)c87)nc3ncccc23)cc1. The van der Waals surface area contributed by atoms with Crippen LogP contribution < -0.4 is 0 Å². The topological polar surface area (TPSA) is 48.0 Å². The second-order valence-corrected chi connectivity index (χ2v) is 16.7. The lowest BCUT2D eigenvalue weighted by Gasteiger charge is -2.11. The molecule has 0 bridgehead atoms. The number of para-hydroxylation sites is 2. The molecule has 0 aliphatic rings. The second-order valence-electron chi connectivity index (χ2n) is 15.6. The zero-order valence-corrected chi connectivity index (χ0v) is 32.2. The third-order valence-corrected chi connectivity index (χ3v) is 13.7. The summed E-state index contributed by atoms with van der Waals surface area (Å²) in [6.45, 7) is 0. The first kappa shape index (κ1) is 31.4. The van der Waals surface area contributed by atoms with Crippen molar-refractivity contribution in [3.05, 3.63) is 176 Å². The summed E-state index contributed by atoms with van der Waals surface area (Å²) in [4.78, 5) is 15.1. The molecule has 0 aliphatic heterocycles. The van der Waals surface area contributed by atoms with E-state index in [4.69, 9.17) is 15.0 Å². The van der Waals surface area contributed by atoms with Crippen molar-refractivity contribution in [1.82, 2.24) is 23.9 Å². The van der Waals surface area contributed by atoms with Crippen LogP contribution in [0.5, 0.6) is 0 Å². The first-order valence-electron chi connectivity index (χ1n) is 19.9. The smallest absolute Gasteiger partial charge is 0.237 e. The van der Waals surface area contributed by atoms with E-state index < -0.39 is 0 Å². The van der Waals surface area contributed by atoms with Crippen molar-refractivity contribution in [2.75, 3.05) is 0 Å². The van der Waals surface area contributed by atoms with Crippen molar-refractivity contribution in [2.45, 2.75) is 0 Å². The van der Waals surface area contributed by atoms with Gasteiger partial charge in [-0.15, -0.1) is 11.3 Å². The highest BCUT2D eigenvalue weighted by Crippen LogP contribution is 2.45. The van der Waals surface area contributed by atoms with Crippen LogP contribution in [0.15, 0.2) is 176 Å². The fourth-order valence-corrected chi connectivity index (χ4v) is 11.0. The molecule has 0 unspecified atom stereocenters. The van der Waals surface area contributed by atoms with Gasteiger partial charge in [0.25, 0.3) is 0 Å². The number of hydrogen-bond donors (Lipinski definition) is 0. The van der Waals surface area contributed by atoms with Crippen LogP contribution in [0.1, 0.15) is 0 Å². The van der Waals surface area contributed by atoms with E-state index in [1.54, 1.807) is 6.20 Å². The number of rotatable bonds is 3. The average molecular weight is 768 g/mol. The molecule has 8 aromatic carbocycles. The first-order chi connectivity index (χ1) is 29.2. The molecule has 0 saturated heterocycles. The first-order valence-corrected chi connectivity index (χ1v) is 20.7. The lowest BCUT2D eigenvalue weighted by Crippen LogP contribution is -2.04. The average Bonchev–Trinajstić information content (AvgIpc) is 4.03. The van der Waals surface area contributed by atoms with E-state index in [9.17, 15) is 0 Å². The van der Waals surface area contributed by atoms with Crippen LogP contribution in [0.2, 0.25) is 0 Å². The summed E-state index contributed by atoms with van der Waals surface area (Å²) >= 11 is 1.87. The van der Waals surface area contributed by atoms with E-state index in [1.165, 1.54) is 90.9 Å². The van der Waals surface area contributed by atoms with E-state index in [1.807, 2.05) is 23.5 Å². The van der Waals surface area contributed by atoms with Crippen LogP contribution in [-0.2, 0) is 0 Å². The molecule has 272 valence electrons. The Bertz CT molecular complexity index is 4080. The number of pyridine rings is 1. The number of fused-ring (bicyclic) bond motifs is 15. The van der Waals surface area contributed by atoms with Crippen molar-refractivity contribution in [3.63, 3.8) is 0 Å². The molecule has 6 heterocycles. The molecule has 14 rings (SSSR count). The van der Waals surface area contributed by atoms with Crippen molar-refractivity contribution in [2.24, 2.45) is 0 Å². The van der Waals surface area contributed by atoms with E-state index in [2.05, 4.69) is 167 Å². The van der Waals surface area contributed by atoms with Gasteiger partial charge in [-0.25, -0.2) is 9.97 Å². The molecular formula is C53H29N5S. The highest BCUT2D eigenvalue weighted by molar-refractivity contribution is 7.25. The summed E-state index contributed by atoms with van der Waals surface area (Å²) in [6.07, 6.45) is 1.80. The summed E-state index contributed by atoms with van der Waals surface area (Å²) in [6, 6.07) is 61.8. The van der Waals surface area contributed by atoms with Crippen LogP contribution in [-0.4, -0.2) is 23.9 Å². The second kappa shape index (κ2) is 11.5. The minimum atomic E-state index is 0.608. The molecule has 0 amide bonds. The zero-order chi connectivity index (χ0) is 38.3. The largest absolute Gasteiger partial charge is 0.308 e. The Morgan fingerprint density at radius 3 is 2.02 bits per heavy atom. The third kappa shape index (κ3) is 4.25. The van der Waals surface area contributed by atoms with Crippen LogP contribution in [0, 0.1) is 0 Å². The van der Waals surface area contributed by atoms with Gasteiger partial charge >= 0.3 is 0 Å². The quantitative estimate of drug-likeness (QED) is 0.180. The molecule has 0 N–H and O–H groups in total. The van der Waals surface area contributed by atoms with Gasteiger partial charge in [-0.3, -0.25) is 4.57 Å². The number of aromatic nitrogens is 5. The van der Waals surface area contributed by atoms with Gasteiger partial charge < -0.3 is 4.40 Å². The van der Waals surface area contributed by atoms with Crippen molar-refractivity contribution in [1.29, 1.82) is 0 Å². The maximum Gasteiger partial charge on any atom is 0.237 e. The Morgan fingerprint density at radius 2 is 1.12 bits per heavy atom. The lowest BCUT2D eigenvalue weighted by molar-refractivity contribution is 1.00. The summed E-state index contributed by atoms with van der Waals surface area (Å²) in [5, 5.41) is 13.4. The van der Waals surface area contributed by atoms with Crippen LogP contribution in [0.3, 0.4) is 0 Å². The van der Waals surface area contributed by atoms with Gasteiger partial charge in [0.2, 0.25) is 5.95 Å². The zero-order valence-electron chi connectivity index (χ0n) is 31.4. The summed E-state index contributed by atoms with van der Waals surface area (Å²) < 4.78 is 7.36. The van der Waals surface area contributed by atoms with Crippen molar-refractivity contribution < 1.29 is 0 Å². The Kier molecular flexibility index (Phi) is 6.11. The van der Waals surface area contributed by atoms with Gasteiger partial charge in [-0.2, -0.15) is 4.98 Å². The highest BCUT2D eigenvalue weighted by atomic mass is 32.1. The van der Waals surface area contributed by atoms with Gasteiger partial charge in [0.05, 0.1) is 33.3 Å². The Hall–Kier alpha value is -7.67. The molecule has 0 aliphatic carbocycles. The monoisotopic (exact) mass is 767 g/mol. The van der Waals surface area contributed by atoms with Gasteiger partial charge in [-0.1, -0.05) is 103 Å². The standard InChI is InChI=1S/C53H29N5S/c1-2-10-30(11-3-1)50-38-16-9-25-54-52(38)56-53(55-50)58-43-17-6-4-13-37(43)49-39-29-41-36-15-8-14-35-40-26-31(32-21-24-48-42(27-32)34-12-5-7-18-47(34)59-48)19-22-44(40)57(51(35)36)46(41)28-33(39)20-23-45(49)58/h1-29H. The van der Waals surface area contributed by atoms with E-state index >= 15 is 0 Å². The minimum absolute atomic E-state index is 0.608. The molecule has 0 atom stereocenters. The van der Waals surface area contributed by atoms with Gasteiger partial charge in [0, 0.05) is 69.6 Å². The number of thiophene rings is 1. The van der Waals surface area contributed by atoms with Crippen LogP contribution in [0.25, 0.3) is 130 Å². The van der Waals surface area contributed by atoms with Crippen molar-refractivity contribution >= 4 is 113 Å². The third-order valence-electron chi connectivity index (χ3n) is 12.5. The van der Waals surface area contributed by atoms with Gasteiger partial charge in [-0.05, 0) is 88.6 Å². The minimum Gasteiger partial charge on any atom is -0.308 e. The predicted octanol–water partition coefficient (Wildman–Crippen LogP) is 14.1. The summed E-state index contributed by atoms with van der Waals surface area (Å²) in [5.41, 5.74) is 10.9. The Balaban J connectivity index is 0.999. The molecule has 6 heteroatoms. The molecule has 0 spiro atoms. The van der Waals surface area contributed by atoms with Gasteiger partial charge in [0.1, 0.15) is 0 Å². The fraction of sp³-hybridized carbons (Fsp3) is 0. The predicted molar refractivity (Wildman–Crippen MR) is 248 cm³/mol. The molecule has 59 heavy (non-hydrogen) atoms. The number of benzene rings is 8. The van der Waals surface area contributed by atoms with Crippen molar-refractivity contribution in [3.8, 4) is 28.3 Å². The molecule has 5 nitrogen and oxygen atoms in total. The molecule has 0 radical (unpaired) electrons. The van der Waals surface area contributed by atoms with E-state index in [0.717, 1.165) is 27.7 Å².